The first-order valence-electron chi connectivity index (χ1n) is 11.3. The van der Waals surface area contributed by atoms with Gasteiger partial charge in [-0.2, -0.15) is 0 Å². The Morgan fingerprint density at radius 3 is 2.39 bits per heavy atom. The molecule has 1 saturated carbocycles. The lowest BCUT2D eigenvalue weighted by Crippen LogP contribution is -2.59. The number of carbonyl (C=O) groups excluding carboxylic acids is 3. The van der Waals surface area contributed by atoms with E-state index in [1.165, 1.54) is 12.4 Å². The first kappa shape index (κ1) is 24.2. The summed E-state index contributed by atoms with van der Waals surface area (Å²) in [5, 5.41) is 9.98. The third-order valence-electron chi connectivity index (χ3n) is 6.53. The monoisotopic (exact) mass is 451 g/mol. The highest BCUT2D eigenvalue weighted by Crippen LogP contribution is 2.47. The van der Waals surface area contributed by atoms with E-state index in [2.05, 4.69) is 5.32 Å². The molecule has 0 bridgehead atoms. The number of nitrogens with two attached hydrogens (primary N) is 1. The molecule has 1 aromatic carbocycles. The Bertz CT molecular complexity index is 981. The predicted molar refractivity (Wildman–Crippen MR) is 127 cm³/mol. The molecule has 0 spiro atoms. The lowest BCUT2D eigenvalue weighted by molar-refractivity contribution is -0.154. The van der Waals surface area contributed by atoms with Crippen molar-refractivity contribution in [1.82, 2.24) is 15.1 Å². The maximum Gasteiger partial charge on any atom is 0.313 e. The number of piperazine rings is 1. The minimum absolute atomic E-state index is 0.115. The first-order valence-corrected chi connectivity index (χ1v) is 11.3. The maximum absolute atomic E-state index is 13.3. The Hall–Kier alpha value is -3.42. The quantitative estimate of drug-likeness (QED) is 0.350. The molecule has 1 heterocycles. The zero-order valence-electron chi connectivity index (χ0n) is 19.5. The maximum atomic E-state index is 13.3. The van der Waals surface area contributed by atoms with E-state index in [4.69, 9.17) is 11.1 Å². The van der Waals surface area contributed by atoms with Crippen LogP contribution in [0.3, 0.4) is 0 Å². The van der Waals surface area contributed by atoms with Crippen molar-refractivity contribution in [1.29, 1.82) is 5.41 Å². The SMILES string of the molecule is CC/C(C=N)=C/C(=C\N)NC(=O)C(=O)N1C[C@@H](C)N(C(=O)C2(C)CC2)C[C@@H]1c1ccccc1. The number of carbonyl (C=O) groups is 3. The molecule has 8 nitrogen and oxygen atoms in total. The van der Waals surface area contributed by atoms with Crippen LogP contribution in [0.25, 0.3) is 0 Å². The Morgan fingerprint density at radius 1 is 1.18 bits per heavy atom. The molecular weight excluding hydrogens is 418 g/mol. The van der Waals surface area contributed by atoms with Crippen molar-refractivity contribution in [2.24, 2.45) is 11.1 Å². The topological polar surface area (TPSA) is 120 Å². The van der Waals surface area contributed by atoms with Crippen LogP contribution in [0, 0.1) is 10.8 Å². The van der Waals surface area contributed by atoms with Crippen molar-refractivity contribution in [2.45, 2.75) is 52.1 Å². The molecule has 2 aliphatic rings. The molecule has 4 N–H and O–H groups in total. The smallest absolute Gasteiger partial charge is 0.313 e. The molecule has 33 heavy (non-hydrogen) atoms. The minimum atomic E-state index is -0.801. The predicted octanol–water partition coefficient (Wildman–Crippen LogP) is 2.49. The lowest BCUT2D eigenvalue weighted by atomic mass is 9.97. The fourth-order valence-electron chi connectivity index (χ4n) is 4.08. The third kappa shape index (κ3) is 5.32. The Balaban J connectivity index is 1.84. The molecule has 0 unspecified atom stereocenters. The average molecular weight is 452 g/mol. The number of hydrogen-bond acceptors (Lipinski definition) is 5. The van der Waals surface area contributed by atoms with Gasteiger partial charge >= 0.3 is 11.8 Å². The number of allylic oxidation sites excluding steroid dienone is 2. The van der Waals surface area contributed by atoms with Crippen LogP contribution >= 0.6 is 0 Å². The summed E-state index contributed by atoms with van der Waals surface area (Å²) in [5.41, 5.74) is 7.11. The van der Waals surface area contributed by atoms with Crippen LogP contribution in [0.5, 0.6) is 0 Å². The van der Waals surface area contributed by atoms with Crippen LogP contribution in [0.1, 0.15) is 51.6 Å². The van der Waals surface area contributed by atoms with E-state index < -0.39 is 17.9 Å². The van der Waals surface area contributed by atoms with Crippen molar-refractivity contribution in [3.05, 3.63) is 59.4 Å². The van der Waals surface area contributed by atoms with Crippen LogP contribution in [0.15, 0.2) is 53.9 Å². The first-order chi connectivity index (χ1) is 15.7. The number of benzene rings is 1. The Labute approximate surface area is 195 Å². The van der Waals surface area contributed by atoms with Crippen LogP contribution in [0.4, 0.5) is 0 Å². The highest BCUT2D eigenvalue weighted by atomic mass is 16.2. The summed E-state index contributed by atoms with van der Waals surface area (Å²) in [6.45, 7) is 6.37. The van der Waals surface area contributed by atoms with Crippen molar-refractivity contribution < 1.29 is 14.4 Å². The van der Waals surface area contributed by atoms with Gasteiger partial charge in [-0.1, -0.05) is 44.2 Å². The van der Waals surface area contributed by atoms with Gasteiger partial charge in [-0.15, -0.1) is 0 Å². The molecule has 8 heteroatoms. The van der Waals surface area contributed by atoms with Crippen molar-refractivity contribution in [2.75, 3.05) is 13.1 Å². The lowest BCUT2D eigenvalue weighted by Gasteiger charge is -2.46. The summed E-state index contributed by atoms with van der Waals surface area (Å²) in [6, 6.07) is 8.84. The van der Waals surface area contributed by atoms with E-state index in [9.17, 15) is 14.4 Å². The van der Waals surface area contributed by atoms with E-state index in [0.29, 0.717) is 18.5 Å². The van der Waals surface area contributed by atoms with Crippen LogP contribution < -0.4 is 11.1 Å². The molecule has 176 valence electrons. The van der Waals surface area contributed by atoms with Gasteiger partial charge in [0.25, 0.3) is 0 Å². The Morgan fingerprint density at radius 2 is 1.85 bits per heavy atom. The fraction of sp³-hybridized carbons (Fsp3) is 0.440. The number of nitrogens with zero attached hydrogens (tertiary/aromatic N) is 2. The molecule has 1 saturated heterocycles. The van der Waals surface area contributed by atoms with Gasteiger partial charge in [-0.05, 0) is 43.4 Å². The molecule has 2 fully saturated rings. The Kier molecular flexibility index (Phi) is 7.36. The molecular formula is C25H33N5O3. The van der Waals surface area contributed by atoms with Gasteiger partial charge in [-0.3, -0.25) is 14.4 Å². The second kappa shape index (κ2) is 10.0. The van der Waals surface area contributed by atoms with E-state index >= 15 is 0 Å². The number of amides is 3. The zero-order valence-corrected chi connectivity index (χ0v) is 19.5. The largest absolute Gasteiger partial charge is 0.403 e. The van der Waals surface area contributed by atoms with Crippen molar-refractivity contribution >= 4 is 23.9 Å². The van der Waals surface area contributed by atoms with Crippen LogP contribution in [-0.2, 0) is 14.4 Å². The summed E-state index contributed by atoms with van der Waals surface area (Å²) in [4.78, 5) is 42.7. The fourth-order valence-corrected chi connectivity index (χ4v) is 4.08. The van der Waals surface area contributed by atoms with Gasteiger partial charge in [0.2, 0.25) is 5.91 Å². The van der Waals surface area contributed by atoms with E-state index in [1.807, 2.05) is 56.0 Å². The van der Waals surface area contributed by atoms with Gasteiger partial charge in [0.1, 0.15) is 0 Å². The molecule has 1 aromatic rings. The molecule has 3 rings (SSSR count). The normalized spacial score (nSPS) is 22.5. The standard InChI is InChI=1S/C25H33N5O3/c1-4-18(13-26)12-20(14-27)28-22(31)23(32)30-15-17(2)29(24(33)25(3)10-11-25)16-21(30)19-8-6-5-7-9-19/h5-9,12-14,17,21,26H,4,10-11,15-16,27H2,1-3H3,(H,28,31)/b18-12-,20-14+,26-13?/t17-,21-/m1/s1. The molecule has 1 aliphatic heterocycles. The highest BCUT2D eigenvalue weighted by molar-refractivity contribution is 6.35. The summed E-state index contributed by atoms with van der Waals surface area (Å²) >= 11 is 0. The molecule has 0 radical (unpaired) electrons. The summed E-state index contributed by atoms with van der Waals surface area (Å²) < 4.78 is 0. The number of nitrogens with one attached hydrogen (secondary N) is 2. The highest BCUT2D eigenvalue weighted by Gasteiger charge is 2.50. The van der Waals surface area contributed by atoms with Gasteiger partial charge in [0.15, 0.2) is 0 Å². The molecule has 0 aromatic heterocycles. The minimum Gasteiger partial charge on any atom is -0.403 e. The molecule has 3 amide bonds. The van der Waals surface area contributed by atoms with E-state index in [0.717, 1.165) is 18.4 Å². The van der Waals surface area contributed by atoms with Crippen molar-refractivity contribution in [3.8, 4) is 0 Å². The van der Waals surface area contributed by atoms with E-state index in [-0.39, 0.29) is 29.6 Å². The average Bonchev–Trinajstić information content (AvgIpc) is 3.59. The van der Waals surface area contributed by atoms with Crippen LogP contribution in [0.2, 0.25) is 0 Å². The molecule has 2 atom stereocenters. The van der Waals surface area contributed by atoms with E-state index in [1.54, 1.807) is 11.0 Å². The number of hydrogen-bond donors (Lipinski definition) is 3. The van der Waals surface area contributed by atoms with Crippen LogP contribution in [-0.4, -0.2) is 52.9 Å². The van der Waals surface area contributed by atoms with Gasteiger partial charge in [0, 0.05) is 37.0 Å². The van der Waals surface area contributed by atoms with Gasteiger partial charge in [-0.25, -0.2) is 0 Å². The summed E-state index contributed by atoms with van der Waals surface area (Å²) in [7, 11) is 0. The van der Waals surface area contributed by atoms with Gasteiger partial charge < -0.3 is 26.3 Å². The number of rotatable bonds is 6. The second-order valence-corrected chi connectivity index (χ2v) is 9.04. The summed E-state index contributed by atoms with van der Waals surface area (Å²) in [6.07, 6.45) is 6.31. The summed E-state index contributed by atoms with van der Waals surface area (Å²) in [5.74, 6) is -1.36. The zero-order chi connectivity index (χ0) is 24.2. The molecule has 1 aliphatic carbocycles. The second-order valence-electron chi connectivity index (χ2n) is 9.04. The third-order valence-corrected chi connectivity index (χ3v) is 6.53. The van der Waals surface area contributed by atoms with Crippen molar-refractivity contribution in [3.63, 3.8) is 0 Å². The van der Waals surface area contributed by atoms with Gasteiger partial charge in [0.05, 0.1) is 11.7 Å².